The van der Waals surface area contributed by atoms with Crippen LogP contribution in [-0.2, 0) is 9.53 Å². The normalized spacial score (nSPS) is 14.7. The molecule has 1 saturated heterocycles. The SMILES string of the molecule is COC(=O)c1ccc(N2CC(C(=O)O)C2)cc1C=O. The summed E-state index contributed by atoms with van der Waals surface area (Å²) in [6, 6.07) is 4.76. The van der Waals surface area contributed by atoms with E-state index in [0.29, 0.717) is 19.4 Å². The van der Waals surface area contributed by atoms with Gasteiger partial charge in [0.25, 0.3) is 0 Å². The van der Waals surface area contributed by atoms with Crippen molar-refractivity contribution in [1.29, 1.82) is 0 Å². The molecule has 19 heavy (non-hydrogen) atoms. The van der Waals surface area contributed by atoms with Crippen LogP contribution in [0.2, 0.25) is 0 Å². The molecule has 6 nitrogen and oxygen atoms in total. The molecule has 2 rings (SSSR count). The van der Waals surface area contributed by atoms with Crippen LogP contribution in [0.25, 0.3) is 0 Å². The molecule has 0 spiro atoms. The number of aliphatic carboxylic acids is 1. The van der Waals surface area contributed by atoms with Crippen molar-refractivity contribution in [1.82, 2.24) is 0 Å². The Morgan fingerprint density at radius 1 is 1.42 bits per heavy atom. The van der Waals surface area contributed by atoms with E-state index < -0.39 is 11.9 Å². The fourth-order valence-electron chi connectivity index (χ4n) is 1.99. The Bertz CT molecular complexity index is 534. The van der Waals surface area contributed by atoms with Gasteiger partial charge in [0.15, 0.2) is 6.29 Å². The first-order chi connectivity index (χ1) is 9.06. The standard InChI is InChI=1S/C13H13NO5/c1-19-13(18)11-3-2-10(4-8(11)7-15)14-5-9(6-14)12(16)17/h2-4,7,9H,5-6H2,1H3,(H,16,17). The van der Waals surface area contributed by atoms with Crippen molar-refractivity contribution < 1.29 is 24.2 Å². The lowest BCUT2D eigenvalue weighted by Gasteiger charge is -2.38. The lowest BCUT2D eigenvalue weighted by molar-refractivity contribution is -0.142. The molecule has 0 amide bonds. The molecule has 0 aromatic heterocycles. The predicted molar refractivity (Wildman–Crippen MR) is 66.5 cm³/mol. The number of benzene rings is 1. The number of methoxy groups -OCH3 is 1. The first-order valence-electron chi connectivity index (χ1n) is 5.72. The summed E-state index contributed by atoms with van der Waals surface area (Å²) in [6.07, 6.45) is 0.588. The van der Waals surface area contributed by atoms with Crippen LogP contribution in [0.15, 0.2) is 18.2 Å². The molecular weight excluding hydrogens is 250 g/mol. The maximum absolute atomic E-state index is 11.4. The zero-order chi connectivity index (χ0) is 14.0. The zero-order valence-electron chi connectivity index (χ0n) is 10.3. The summed E-state index contributed by atoms with van der Waals surface area (Å²) in [5.74, 6) is -1.77. The number of carboxylic acid groups (broad SMARTS) is 1. The number of carbonyl (C=O) groups is 3. The summed E-state index contributed by atoms with van der Waals surface area (Å²) in [6.45, 7) is 0.816. The third-order valence-electron chi connectivity index (χ3n) is 3.16. The van der Waals surface area contributed by atoms with E-state index in [1.807, 2.05) is 4.90 Å². The van der Waals surface area contributed by atoms with Gasteiger partial charge < -0.3 is 14.7 Å². The Hall–Kier alpha value is -2.37. The number of rotatable bonds is 4. The average Bonchev–Trinajstić information content (AvgIpc) is 2.35. The molecule has 0 atom stereocenters. The molecule has 1 aliphatic rings. The molecule has 1 aliphatic heterocycles. The summed E-state index contributed by atoms with van der Waals surface area (Å²) < 4.78 is 4.58. The number of carboxylic acids is 1. The van der Waals surface area contributed by atoms with Gasteiger partial charge in [0.05, 0.1) is 18.6 Å². The third kappa shape index (κ3) is 2.42. The topological polar surface area (TPSA) is 83.9 Å². The molecule has 100 valence electrons. The van der Waals surface area contributed by atoms with E-state index in [4.69, 9.17) is 5.11 Å². The Morgan fingerprint density at radius 2 is 2.11 bits per heavy atom. The fraction of sp³-hybridized carbons (Fsp3) is 0.308. The Labute approximate surface area is 109 Å². The maximum atomic E-state index is 11.4. The second-order valence-electron chi connectivity index (χ2n) is 4.32. The first kappa shape index (κ1) is 13.1. The largest absolute Gasteiger partial charge is 0.481 e. The highest BCUT2D eigenvalue weighted by Crippen LogP contribution is 2.26. The van der Waals surface area contributed by atoms with E-state index in [0.717, 1.165) is 5.69 Å². The first-order valence-corrected chi connectivity index (χ1v) is 5.72. The summed E-state index contributed by atoms with van der Waals surface area (Å²) in [5.41, 5.74) is 1.17. The number of esters is 1. The highest BCUT2D eigenvalue weighted by Gasteiger charge is 2.32. The van der Waals surface area contributed by atoms with E-state index in [1.165, 1.54) is 13.2 Å². The van der Waals surface area contributed by atoms with E-state index >= 15 is 0 Å². The van der Waals surface area contributed by atoms with Gasteiger partial charge in [-0.25, -0.2) is 4.79 Å². The Balaban J connectivity index is 2.19. The van der Waals surface area contributed by atoms with Crippen molar-refractivity contribution >= 4 is 23.9 Å². The minimum atomic E-state index is -0.821. The number of hydrogen-bond donors (Lipinski definition) is 1. The quantitative estimate of drug-likeness (QED) is 0.639. The molecule has 1 N–H and O–H groups in total. The number of carbonyl (C=O) groups excluding carboxylic acids is 2. The molecule has 0 unspecified atom stereocenters. The third-order valence-corrected chi connectivity index (χ3v) is 3.16. The van der Waals surface area contributed by atoms with Crippen LogP contribution in [0.4, 0.5) is 5.69 Å². The summed E-state index contributed by atoms with van der Waals surface area (Å²) in [7, 11) is 1.25. The zero-order valence-corrected chi connectivity index (χ0v) is 10.3. The second-order valence-corrected chi connectivity index (χ2v) is 4.32. The van der Waals surface area contributed by atoms with Crippen molar-refractivity contribution in [3.05, 3.63) is 29.3 Å². The van der Waals surface area contributed by atoms with Gasteiger partial charge in [0, 0.05) is 24.3 Å². The summed E-state index contributed by atoms with van der Waals surface area (Å²) in [5, 5.41) is 8.80. The van der Waals surface area contributed by atoms with Gasteiger partial charge in [-0.15, -0.1) is 0 Å². The van der Waals surface area contributed by atoms with Crippen molar-refractivity contribution in [2.45, 2.75) is 0 Å². The molecule has 1 aromatic carbocycles. The van der Waals surface area contributed by atoms with Crippen LogP contribution in [0.3, 0.4) is 0 Å². The second kappa shape index (κ2) is 5.09. The smallest absolute Gasteiger partial charge is 0.338 e. The fourth-order valence-corrected chi connectivity index (χ4v) is 1.99. The van der Waals surface area contributed by atoms with Crippen LogP contribution in [-0.4, -0.2) is 43.5 Å². The van der Waals surface area contributed by atoms with Gasteiger partial charge in [0.2, 0.25) is 0 Å². The highest BCUT2D eigenvalue weighted by atomic mass is 16.5. The van der Waals surface area contributed by atoms with Crippen LogP contribution >= 0.6 is 0 Å². The molecule has 1 heterocycles. The van der Waals surface area contributed by atoms with E-state index in [9.17, 15) is 14.4 Å². The van der Waals surface area contributed by atoms with Gasteiger partial charge in [-0.2, -0.15) is 0 Å². The van der Waals surface area contributed by atoms with Gasteiger partial charge in [-0.1, -0.05) is 0 Å². The minimum absolute atomic E-state index is 0.205. The van der Waals surface area contributed by atoms with Crippen molar-refractivity contribution in [2.75, 3.05) is 25.1 Å². The Kier molecular flexibility index (Phi) is 3.50. The van der Waals surface area contributed by atoms with Gasteiger partial charge in [-0.3, -0.25) is 9.59 Å². The van der Waals surface area contributed by atoms with Crippen molar-refractivity contribution in [2.24, 2.45) is 5.92 Å². The molecular formula is C13H13NO5. The molecule has 6 heteroatoms. The number of ether oxygens (including phenoxy) is 1. The number of nitrogens with zero attached hydrogens (tertiary/aromatic N) is 1. The van der Waals surface area contributed by atoms with Gasteiger partial charge in [-0.05, 0) is 18.2 Å². The van der Waals surface area contributed by atoms with E-state index in [2.05, 4.69) is 4.74 Å². The minimum Gasteiger partial charge on any atom is -0.481 e. The number of hydrogen-bond acceptors (Lipinski definition) is 5. The monoisotopic (exact) mass is 263 g/mol. The molecule has 0 saturated carbocycles. The summed E-state index contributed by atoms with van der Waals surface area (Å²) >= 11 is 0. The number of aldehydes is 1. The van der Waals surface area contributed by atoms with Gasteiger partial charge in [0.1, 0.15) is 0 Å². The highest BCUT2D eigenvalue weighted by molar-refractivity contribution is 5.99. The lowest BCUT2D eigenvalue weighted by atomic mass is 9.98. The number of anilines is 1. The van der Waals surface area contributed by atoms with Crippen molar-refractivity contribution in [3.8, 4) is 0 Å². The molecule has 1 fully saturated rings. The lowest BCUT2D eigenvalue weighted by Crippen LogP contribution is -2.50. The van der Waals surface area contributed by atoms with E-state index in [-0.39, 0.29) is 17.0 Å². The molecule has 0 bridgehead atoms. The molecule has 0 aliphatic carbocycles. The maximum Gasteiger partial charge on any atom is 0.338 e. The molecule has 1 aromatic rings. The van der Waals surface area contributed by atoms with Crippen molar-refractivity contribution in [3.63, 3.8) is 0 Å². The molecule has 0 radical (unpaired) electrons. The average molecular weight is 263 g/mol. The Morgan fingerprint density at radius 3 is 2.63 bits per heavy atom. The summed E-state index contributed by atoms with van der Waals surface area (Å²) in [4.78, 5) is 35.0. The van der Waals surface area contributed by atoms with Crippen LogP contribution in [0.1, 0.15) is 20.7 Å². The van der Waals surface area contributed by atoms with E-state index in [1.54, 1.807) is 12.1 Å². The predicted octanol–water partition coefficient (Wildman–Crippen LogP) is 0.807. The van der Waals surface area contributed by atoms with Crippen LogP contribution < -0.4 is 4.90 Å². The van der Waals surface area contributed by atoms with Gasteiger partial charge >= 0.3 is 11.9 Å². The van der Waals surface area contributed by atoms with Crippen LogP contribution in [0, 0.1) is 5.92 Å². The van der Waals surface area contributed by atoms with Crippen LogP contribution in [0.5, 0.6) is 0 Å².